The quantitative estimate of drug-likeness (QED) is 0.227. The summed E-state index contributed by atoms with van der Waals surface area (Å²) in [5.74, 6) is -0.813. The van der Waals surface area contributed by atoms with Crippen LogP contribution in [-0.4, -0.2) is 24.1 Å². The van der Waals surface area contributed by atoms with E-state index >= 15 is 0 Å². The van der Waals surface area contributed by atoms with E-state index in [1.165, 1.54) is 0 Å². The van der Waals surface area contributed by atoms with Crippen LogP contribution in [0.2, 0.25) is 0 Å². The zero-order chi connectivity index (χ0) is 28.3. The number of hydrogen-bond acceptors (Lipinski definition) is 4. The fourth-order valence-electron chi connectivity index (χ4n) is 6.38. The SMILES string of the molecule is Cc1ccccc1[C@]1(CC(C)C)c2ccccc2[C@H](C)C(OC(=O)c2ccccc2)C1OC(=O)c1ccccc1. The second-order valence-electron chi connectivity index (χ2n) is 11.2. The van der Waals surface area contributed by atoms with Crippen molar-refractivity contribution in [1.82, 2.24) is 0 Å². The van der Waals surface area contributed by atoms with Crippen LogP contribution in [-0.2, 0) is 14.9 Å². The van der Waals surface area contributed by atoms with E-state index in [2.05, 4.69) is 52.0 Å². The molecule has 5 rings (SSSR count). The molecule has 0 aromatic heterocycles. The summed E-state index contributed by atoms with van der Waals surface area (Å²) in [5.41, 5.74) is 4.58. The highest BCUT2D eigenvalue weighted by Gasteiger charge is 2.56. The third-order valence-electron chi connectivity index (χ3n) is 8.06. The molecule has 204 valence electrons. The highest BCUT2D eigenvalue weighted by molar-refractivity contribution is 5.90. The molecular weight excluding hydrogens is 496 g/mol. The van der Waals surface area contributed by atoms with Crippen LogP contribution in [0.1, 0.15) is 76.1 Å². The van der Waals surface area contributed by atoms with Crippen molar-refractivity contribution in [2.75, 3.05) is 0 Å². The molecule has 4 atom stereocenters. The van der Waals surface area contributed by atoms with Gasteiger partial charge in [0.25, 0.3) is 0 Å². The molecule has 0 radical (unpaired) electrons. The van der Waals surface area contributed by atoms with Gasteiger partial charge in [0.1, 0.15) is 6.10 Å². The van der Waals surface area contributed by atoms with E-state index in [1.54, 1.807) is 24.3 Å². The molecule has 1 aliphatic carbocycles. The predicted molar refractivity (Wildman–Crippen MR) is 158 cm³/mol. The van der Waals surface area contributed by atoms with Crippen molar-refractivity contribution in [3.05, 3.63) is 143 Å². The van der Waals surface area contributed by atoms with Crippen LogP contribution in [0.4, 0.5) is 0 Å². The first-order chi connectivity index (χ1) is 19.3. The molecule has 0 N–H and O–H groups in total. The van der Waals surface area contributed by atoms with Gasteiger partial charge in [-0.25, -0.2) is 9.59 Å². The summed E-state index contributed by atoms with van der Waals surface area (Å²) in [6.07, 6.45) is -0.775. The Labute approximate surface area is 237 Å². The summed E-state index contributed by atoms with van der Waals surface area (Å²) in [4.78, 5) is 27.3. The number of ether oxygens (including phenoxy) is 2. The molecule has 0 spiro atoms. The molecule has 0 fully saturated rings. The van der Waals surface area contributed by atoms with Gasteiger partial charge in [-0.2, -0.15) is 0 Å². The van der Waals surface area contributed by atoms with E-state index in [1.807, 2.05) is 60.7 Å². The molecule has 40 heavy (non-hydrogen) atoms. The zero-order valence-electron chi connectivity index (χ0n) is 23.5. The lowest BCUT2D eigenvalue weighted by molar-refractivity contribution is -0.0756. The second kappa shape index (κ2) is 11.5. The Balaban J connectivity index is 1.75. The summed E-state index contributed by atoms with van der Waals surface area (Å²) in [7, 11) is 0. The minimum atomic E-state index is -0.763. The molecule has 4 aromatic carbocycles. The number of carbonyl (C=O) groups is 2. The van der Waals surface area contributed by atoms with E-state index in [0.29, 0.717) is 17.5 Å². The molecule has 2 unspecified atom stereocenters. The smallest absolute Gasteiger partial charge is 0.338 e. The number of benzene rings is 4. The van der Waals surface area contributed by atoms with Gasteiger partial charge in [-0.3, -0.25) is 0 Å². The Hall–Kier alpha value is -4.18. The third-order valence-corrected chi connectivity index (χ3v) is 8.06. The van der Waals surface area contributed by atoms with Gasteiger partial charge < -0.3 is 9.47 Å². The zero-order valence-corrected chi connectivity index (χ0v) is 23.5. The maximum absolute atomic E-state index is 13.8. The fourth-order valence-corrected chi connectivity index (χ4v) is 6.38. The van der Waals surface area contributed by atoms with Crippen molar-refractivity contribution in [2.45, 2.75) is 57.7 Å². The van der Waals surface area contributed by atoms with Crippen molar-refractivity contribution in [3.63, 3.8) is 0 Å². The molecule has 0 heterocycles. The largest absolute Gasteiger partial charge is 0.454 e. The van der Waals surface area contributed by atoms with Gasteiger partial charge in [0.05, 0.1) is 16.5 Å². The third kappa shape index (κ3) is 5.06. The Bertz CT molecular complexity index is 1480. The summed E-state index contributed by atoms with van der Waals surface area (Å²) in [5, 5.41) is 0. The van der Waals surface area contributed by atoms with E-state index in [4.69, 9.17) is 9.47 Å². The van der Waals surface area contributed by atoms with Crippen LogP contribution in [0.15, 0.2) is 109 Å². The van der Waals surface area contributed by atoms with Gasteiger partial charge in [-0.05, 0) is 65.8 Å². The van der Waals surface area contributed by atoms with Gasteiger partial charge in [-0.15, -0.1) is 0 Å². The number of hydrogen-bond donors (Lipinski definition) is 0. The molecule has 0 saturated heterocycles. The first-order valence-corrected chi connectivity index (χ1v) is 14.0. The lowest BCUT2D eigenvalue weighted by Gasteiger charge is -2.51. The van der Waals surface area contributed by atoms with Crippen LogP contribution in [0.25, 0.3) is 0 Å². The molecule has 0 bridgehead atoms. The molecule has 0 amide bonds. The molecule has 4 nitrogen and oxygen atoms in total. The van der Waals surface area contributed by atoms with Crippen molar-refractivity contribution in [2.24, 2.45) is 5.92 Å². The molecule has 1 aliphatic rings. The average molecular weight is 533 g/mol. The van der Waals surface area contributed by atoms with Crippen molar-refractivity contribution in [1.29, 1.82) is 0 Å². The molecular formula is C36H36O4. The van der Waals surface area contributed by atoms with Crippen molar-refractivity contribution < 1.29 is 19.1 Å². The highest BCUT2D eigenvalue weighted by atomic mass is 16.6. The van der Waals surface area contributed by atoms with E-state index in [0.717, 1.165) is 22.3 Å². The maximum atomic E-state index is 13.8. The lowest BCUT2D eigenvalue weighted by Crippen LogP contribution is -2.57. The Morgan fingerprint density at radius 3 is 1.77 bits per heavy atom. The summed E-state index contributed by atoms with van der Waals surface area (Å²) in [6, 6.07) is 34.7. The number of carbonyl (C=O) groups excluding carboxylic acids is 2. The van der Waals surface area contributed by atoms with Crippen molar-refractivity contribution >= 4 is 11.9 Å². The highest BCUT2D eigenvalue weighted by Crippen LogP contribution is 2.53. The Kier molecular flexibility index (Phi) is 7.88. The molecule has 0 saturated carbocycles. The maximum Gasteiger partial charge on any atom is 0.338 e. The van der Waals surface area contributed by atoms with Gasteiger partial charge in [-0.1, -0.05) is 106 Å². The van der Waals surface area contributed by atoms with Crippen LogP contribution >= 0.6 is 0 Å². The van der Waals surface area contributed by atoms with Crippen LogP contribution in [0.3, 0.4) is 0 Å². The van der Waals surface area contributed by atoms with Crippen LogP contribution in [0, 0.1) is 12.8 Å². The van der Waals surface area contributed by atoms with Gasteiger partial charge in [0.2, 0.25) is 0 Å². The van der Waals surface area contributed by atoms with Crippen LogP contribution < -0.4 is 0 Å². The van der Waals surface area contributed by atoms with E-state index < -0.39 is 29.6 Å². The second-order valence-corrected chi connectivity index (χ2v) is 11.2. The lowest BCUT2D eigenvalue weighted by atomic mass is 9.57. The number of esters is 2. The minimum Gasteiger partial charge on any atom is -0.454 e. The molecule has 0 aliphatic heterocycles. The minimum absolute atomic E-state index is 0.207. The molecule has 4 heteroatoms. The monoisotopic (exact) mass is 532 g/mol. The van der Waals surface area contributed by atoms with Gasteiger partial charge in [0, 0.05) is 5.92 Å². The van der Waals surface area contributed by atoms with E-state index in [-0.39, 0.29) is 11.8 Å². The first-order valence-electron chi connectivity index (χ1n) is 14.0. The fraction of sp³-hybridized carbons (Fsp3) is 0.278. The van der Waals surface area contributed by atoms with Crippen LogP contribution in [0.5, 0.6) is 0 Å². The number of rotatable bonds is 7. The molecule has 4 aromatic rings. The van der Waals surface area contributed by atoms with Crippen molar-refractivity contribution in [3.8, 4) is 0 Å². The Morgan fingerprint density at radius 2 is 1.20 bits per heavy atom. The summed E-state index contributed by atoms with van der Waals surface area (Å²) in [6.45, 7) is 8.52. The summed E-state index contributed by atoms with van der Waals surface area (Å²) < 4.78 is 12.9. The normalized spacial score (nSPS) is 21.9. The predicted octanol–water partition coefficient (Wildman–Crippen LogP) is 7.90. The van der Waals surface area contributed by atoms with Gasteiger partial charge in [0.15, 0.2) is 6.10 Å². The standard InChI is InChI=1S/C36H36O4/c1-24(2)23-36(30-21-13-11-15-25(30)3)31-22-14-12-20-29(31)26(4)32(39-34(37)27-16-7-5-8-17-27)33(36)40-35(38)28-18-9-6-10-19-28/h5-22,24,26,32-33H,23H2,1-4H3/t26-,32?,33?,36+/m0/s1. The number of aryl methyl sites for hydroxylation is 1. The Morgan fingerprint density at radius 1 is 0.700 bits per heavy atom. The van der Waals surface area contributed by atoms with E-state index in [9.17, 15) is 9.59 Å². The van der Waals surface area contributed by atoms with Gasteiger partial charge >= 0.3 is 11.9 Å². The first kappa shape index (κ1) is 27.4. The average Bonchev–Trinajstić information content (AvgIpc) is 2.98. The number of fused-ring (bicyclic) bond motifs is 1. The summed E-state index contributed by atoms with van der Waals surface area (Å²) >= 11 is 0. The topological polar surface area (TPSA) is 52.6 Å².